The van der Waals surface area contributed by atoms with Crippen molar-refractivity contribution in [2.45, 2.75) is 12.3 Å². The van der Waals surface area contributed by atoms with Gasteiger partial charge in [0.1, 0.15) is 0 Å². The fourth-order valence-electron chi connectivity index (χ4n) is 2.46. The molecule has 0 spiro atoms. The number of sulfonamides is 1. The molecule has 0 radical (unpaired) electrons. The van der Waals surface area contributed by atoms with Gasteiger partial charge in [0, 0.05) is 11.6 Å². The number of halogens is 1. The van der Waals surface area contributed by atoms with Crippen LogP contribution in [0.2, 0.25) is 5.02 Å². The molecule has 1 heterocycles. The zero-order valence-corrected chi connectivity index (χ0v) is 15.2. The first-order valence-electron chi connectivity index (χ1n) is 7.36. The Hall–Kier alpha value is -1.66. The maximum absolute atomic E-state index is 12.3. The average molecular weight is 378 g/mol. The lowest BCUT2D eigenvalue weighted by molar-refractivity contribution is 0.580. The zero-order chi connectivity index (χ0) is 17.0. The van der Waals surface area contributed by atoms with E-state index in [1.54, 1.807) is 35.6 Å². The van der Waals surface area contributed by atoms with Crippen molar-refractivity contribution >= 4 is 33.0 Å². The number of hydrogen-bond donors (Lipinski definition) is 1. The molecule has 1 aromatic heterocycles. The average Bonchev–Trinajstić information content (AvgIpc) is 3.07. The Bertz CT molecular complexity index is 922. The Balaban J connectivity index is 1.74. The molecule has 24 heavy (non-hydrogen) atoms. The molecule has 124 valence electrons. The van der Waals surface area contributed by atoms with Gasteiger partial charge in [-0.1, -0.05) is 48.0 Å². The van der Waals surface area contributed by atoms with Gasteiger partial charge in [-0.25, -0.2) is 13.1 Å². The van der Waals surface area contributed by atoms with Crippen molar-refractivity contribution in [2.75, 3.05) is 0 Å². The summed E-state index contributed by atoms with van der Waals surface area (Å²) in [7, 11) is -3.44. The molecule has 0 saturated carbocycles. The first-order chi connectivity index (χ1) is 11.5. The van der Waals surface area contributed by atoms with Crippen LogP contribution in [-0.2, 0) is 22.3 Å². The maximum atomic E-state index is 12.3. The Labute approximate surface area is 151 Å². The lowest BCUT2D eigenvalue weighted by Gasteiger charge is -2.11. The Morgan fingerprint density at radius 2 is 1.88 bits per heavy atom. The lowest BCUT2D eigenvalue weighted by atomic mass is 10.0. The number of benzene rings is 2. The third kappa shape index (κ3) is 4.45. The van der Waals surface area contributed by atoms with Crippen LogP contribution in [0.5, 0.6) is 0 Å². The van der Waals surface area contributed by atoms with E-state index >= 15 is 0 Å². The molecule has 2 aromatic carbocycles. The van der Waals surface area contributed by atoms with Crippen LogP contribution in [0.4, 0.5) is 0 Å². The topological polar surface area (TPSA) is 46.2 Å². The van der Waals surface area contributed by atoms with E-state index in [9.17, 15) is 8.42 Å². The summed E-state index contributed by atoms with van der Waals surface area (Å²) in [4.78, 5) is 0. The van der Waals surface area contributed by atoms with E-state index < -0.39 is 10.0 Å². The van der Waals surface area contributed by atoms with Crippen LogP contribution >= 0.6 is 22.9 Å². The monoisotopic (exact) mass is 377 g/mol. The molecule has 1 N–H and O–H groups in total. The molecule has 0 unspecified atom stereocenters. The van der Waals surface area contributed by atoms with Gasteiger partial charge < -0.3 is 0 Å². The Kier molecular flexibility index (Phi) is 5.36. The van der Waals surface area contributed by atoms with Crippen molar-refractivity contribution < 1.29 is 8.42 Å². The number of thiophene rings is 1. The summed E-state index contributed by atoms with van der Waals surface area (Å²) in [5, 5.41) is 4.60. The van der Waals surface area contributed by atoms with Gasteiger partial charge in [-0.2, -0.15) is 11.3 Å². The van der Waals surface area contributed by atoms with Gasteiger partial charge in [0.05, 0.1) is 5.75 Å². The molecule has 3 aromatic rings. The summed E-state index contributed by atoms with van der Waals surface area (Å²) in [6, 6.07) is 16.7. The van der Waals surface area contributed by atoms with Gasteiger partial charge in [0.25, 0.3) is 0 Å². The van der Waals surface area contributed by atoms with Crippen molar-refractivity contribution in [1.29, 1.82) is 0 Å². The minimum atomic E-state index is -3.44. The van der Waals surface area contributed by atoms with E-state index in [-0.39, 0.29) is 12.3 Å². The first-order valence-corrected chi connectivity index (χ1v) is 10.3. The van der Waals surface area contributed by atoms with Crippen molar-refractivity contribution in [3.63, 3.8) is 0 Å². The van der Waals surface area contributed by atoms with E-state index in [0.29, 0.717) is 10.6 Å². The third-order valence-corrected chi connectivity index (χ3v) is 5.79. The second-order valence-corrected chi connectivity index (χ2v) is 8.40. The molecule has 0 aliphatic heterocycles. The predicted molar refractivity (Wildman–Crippen MR) is 101 cm³/mol. The van der Waals surface area contributed by atoms with E-state index in [1.165, 1.54) is 0 Å². The highest BCUT2D eigenvalue weighted by atomic mass is 35.5. The molecular formula is C18H16ClNO2S2. The van der Waals surface area contributed by atoms with Crippen molar-refractivity contribution in [1.82, 2.24) is 4.72 Å². The molecule has 0 saturated heterocycles. The zero-order valence-electron chi connectivity index (χ0n) is 12.8. The molecule has 3 nitrogen and oxygen atoms in total. The summed E-state index contributed by atoms with van der Waals surface area (Å²) < 4.78 is 27.3. The second-order valence-electron chi connectivity index (χ2n) is 5.38. The van der Waals surface area contributed by atoms with Crippen LogP contribution in [0.1, 0.15) is 11.1 Å². The molecule has 0 aliphatic rings. The molecule has 0 aliphatic carbocycles. The van der Waals surface area contributed by atoms with Gasteiger partial charge in [-0.15, -0.1) is 0 Å². The van der Waals surface area contributed by atoms with E-state index in [1.807, 2.05) is 35.7 Å². The number of hydrogen-bond acceptors (Lipinski definition) is 3. The van der Waals surface area contributed by atoms with Crippen LogP contribution in [0.25, 0.3) is 11.1 Å². The van der Waals surface area contributed by atoms with Crippen LogP contribution in [-0.4, -0.2) is 8.42 Å². The van der Waals surface area contributed by atoms with Crippen molar-refractivity contribution in [2.24, 2.45) is 0 Å². The highest BCUT2D eigenvalue weighted by Gasteiger charge is 2.13. The Morgan fingerprint density at radius 3 is 2.62 bits per heavy atom. The first kappa shape index (κ1) is 17.2. The van der Waals surface area contributed by atoms with Gasteiger partial charge in [0.15, 0.2) is 0 Å². The Morgan fingerprint density at radius 1 is 1.04 bits per heavy atom. The van der Waals surface area contributed by atoms with Gasteiger partial charge in [0.2, 0.25) is 10.0 Å². The highest BCUT2D eigenvalue weighted by Crippen LogP contribution is 2.26. The summed E-state index contributed by atoms with van der Waals surface area (Å²) in [5.41, 5.74) is 3.76. The minimum absolute atomic E-state index is 0.0891. The van der Waals surface area contributed by atoms with E-state index in [4.69, 9.17) is 11.6 Å². The second kappa shape index (κ2) is 7.49. The maximum Gasteiger partial charge on any atom is 0.216 e. The quantitative estimate of drug-likeness (QED) is 0.677. The third-order valence-electron chi connectivity index (χ3n) is 3.58. The summed E-state index contributed by atoms with van der Waals surface area (Å²) in [5.74, 6) is -0.0891. The van der Waals surface area contributed by atoms with Gasteiger partial charge >= 0.3 is 0 Å². The summed E-state index contributed by atoms with van der Waals surface area (Å²) >= 11 is 7.53. The van der Waals surface area contributed by atoms with Gasteiger partial charge in [-0.3, -0.25) is 0 Å². The van der Waals surface area contributed by atoms with Crippen LogP contribution in [0, 0.1) is 0 Å². The minimum Gasteiger partial charge on any atom is -0.212 e. The summed E-state index contributed by atoms with van der Waals surface area (Å²) in [6.07, 6.45) is 0. The molecule has 3 rings (SSSR count). The van der Waals surface area contributed by atoms with Crippen LogP contribution in [0.15, 0.2) is 65.4 Å². The molecule has 0 atom stereocenters. The van der Waals surface area contributed by atoms with Crippen LogP contribution < -0.4 is 4.72 Å². The molecular weight excluding hydrogens is 362 g/mol. The van der Waals surface area contributed by atoms with Gasteiger partial charge in [-0.05, 0) is 51.2 Å². The lowest BCUT2D eigenvalue weighted by Crippen LogP contribution is -2.25. The fourth-order valence-corrected chi connectivity index (χ4v) is 4.42. The SMILES string of the molecule is O=S(=O)(Cc1cccc(Cl)c1)NCc1ccccc1-c1ccsc1. The van der Waals surface area contributed by atoms with E-state index in [2.05, 4.69) is 10.1 Å². The van der Waals surface area contributed by atoms with Crippen LogP contribution in [0.3, 0.4) is 0 Å². The molecule has 0 bridgehead atoms. The van der Waals surface area contributed by atoms with E-state index in [0.717, 1.165) is 16.7 Å². The largest absolute Gasteiger partial charge is 0.216 e. The molecule has 0 amide bonds. The summed E-state index contributed by atoms with van der Waals surface area (Å²) in [6.45, 7) is 0.259. The standard InChI is InChI=1S/C18H16ClNO2S2/c19-17-6-3-4-14(10-17)13-24(21,22)20-11-15-5-1-2-7-18(15)16-8-9-23-12-16/h1-10,12,20H,11,13H2. The predicted octanol–water partition coefficient (Wildman–Crippen LogP) is 4.69. The number of rotatable bonds is 6. The number of nitrogens with one attached hydrogen (secondary N) is 1. The smallest absolute Gasteiger partial charge is 0.212 e. The fraction of sp³-hybridized carbons (Fsp3) is 0.111. The molecule has 6 heteroatoms. The highest BCUT2D eigenvalue weighted by molar-refractivity contribution is 7.88. The van der Waals surface area contributed by atoms with Crippen molar-refractivity contribution in [3.05, 3.63) is 81.5 Å². The normalized spacial score (nSPS) is 11.5. The molecule has 0 fully saturated rings. The van der Waals surface area contributed by atoms with Crippen molar-refractivity contribution in [3.8, 4) is 11.1 Å².